The highest BCUT2D eigenvalue weighted by Crippen LogP contribution is 2.24. The van der Waals surface area contributed by atoms with E-state index in [9.17, 15) is 9.59 Å². The summed E-state index contributed by atoms with van der Waals surface area (Å²) in [4.78, 5) is 30.6. The van der Waals surface area contributed by atoms with E-state index in [1.165, 1.54) is 0 Å². The average Bonchev–Trinajstić information content (AvgIpc) is 3.51. The van der Waals surface area contributed by atoms with Crippen LogP contribution in [-0.2, 0) is 6.54 Å². The van der Waals surface area contributed by atoms with E-state index in [-0.39, 0.29) is 11.7 Å². The van der Waals surface area contributed by atoms with Crippen molar-refractivity contribution in [2.75, 3.05) is 5.32 Å². The van der Waals surface area contributed by atoms with Crippen molar-refractivity contribution in [1.29, 1.82) is 0 Å². The summed E-state index contributed by atoms with van der Waals surface area (Å²) in [6, 6.07) is 18.3. The van der Waals surface area contributed by atoms with Gasteiger partial charge in [-0.05, 0) is 74.9 Å². The van der Waals surface area contributed by atoms with Crippen LogP contribution < -0.4 is 5.32 Å². The number of fused-ring (bicyclic) bond motifs is 1. The highest BCUT2D eigenvalue weighted by molar-refractivity contribution is 6.12. The number of amides is 1. The van der Waals surface area contributed by atoms with Crippen molar-refractivity contribution in [3.8, 4) is 0 Å². The second-order valence-corrected chi connectivity index (χ2v) is 8.76. The van der Waals surface area contributed by atoms with Crippen molar-refractivity contribution >= 4 is 40.4 Å². The van der Waals surface area contributed by atoms with Crippen LogP contribution in [0.1, 0.15) is 56.0 Å². The Bertz CT molecular complexity index is 1650. The predicted octanol–water partition coefficient (Wildman–Crippen LogP) is 5.44. The van der Waals surface area contributed by atoms with E-state index in [4.69, 9.17) is 0 Å². The predicted molar refractivity (Wildman–Crippen MR) is 144 cm³/mol. The first-order valence-electron chi connectivity index (χ1n) is 12.0. The van der Waals surface area contributed by atoms with Crippen molar-refractivity contribution in [2.45, 2.75) is 27.3 Å². The standard InChI is InChI=1S/C29H26N6O2/c1-4-35-27(15-19(3)34-35)29(37)31-25-16-20(9-8-18(25)2)28(36)21-10-12-23-24(32-33-26(23)17-21)13-11-22-7-5-6-14-30-22/h5-17H,4H2,1-3H3,(H,31,37)(H,32,33). The lowest BCUT2D eigenvalue weighted by Crippen LogP contribution is -2.18. The molecule has 0 aliphatic heterocycles. The fourth-order valence-electron chi connectivity index (χ4n) is 4.17. The first-order valence-corrected chi connectivity index (χ1v) is 12.0. The van der Waals surface area contributed by atoms with E-state index < -0.39 is 0 Å². The Balaban J connectivity index is 1.38. The van der Waals surface area contributed by atoms with Crippen molar-refractivity contribution in [2.24, 2.45) is 0 Å². The van der Waals surface area contributed by atoms with Gasteiger partial charge in [0.25, 0.3) is 5.91 Å². The quantitative estimate of drug-likeness (QED) is 0.295. The van der Waals surface area contributed by atoms with E-state index in [1.54, 1.807) is 41.2 Å². The number of pyridine rings is 1. The molecule has 37 heavy (non-hydrogen) atoms. The average molecular weight is 491 g/mol. The molecule has 0 aliphatic carbocycles. The Kier molecular flexibility index (Phi) is 6.47. The number of benzene rings is 2. The molecule has 2 aromatic carbocycles. The van der Waals surface area contributed by atoms with Gasteiger partial charge in [-0.25, -0.2) is 0 Å². The maximum atomic E-state index is 13.3. The number of hydrogen-bond donors (Lipinski definition) is 2. The zero-order valence-corrected chi connectivity index (χ0v) is 20.8. The maximum absolute atomic E-state index is 13.3. The van der Waals surface area contributed by atoms with Crippen LogP contribution in [0.2, 0.25) is 0 Å². The van der Waals surface area contributed by atoms with Gasteiger partial charge in [-0.2, -0.15) is 10.2 Å². The summed E-state index contributed by atoms with van der Waals surface area (Å²) in [5.41, 5.74) is 6.07. The van der Waals surface area contributed by atoms with Crippen LogP contribution in [0.5, 0.6) is 0 Å². The van der Waals surface area contributed by atoms with Gasteiger partial charge in [0.15, 0.2) is 5.78 Å². The monoisotopic (exact) mass is 490 g/mol. The van der Waals surface area contributed by atoms with Crippen molar-refractivity contribution in [3.05, 3.63) is 106 Å². The van der Waals surface area contributed by atoms with E-state index in [0.29, 0.717) is 29.1 Å². The SMILES string of the molecule is CCn1nc(C)cc1C(=O)Nc1cc(C(=O)c2ccc3c(C=Cc4ccccn4)n[nH]c3c2)ccc1C. The third-order valence-electron chi connectivity index (χ3n) is 6.14. The molecule has 0 saturated carbocycles. The van der Waals surface area contributed by atoms with Crippen molar-refractivity contribution < 1.29 is 9.59 Å². The second-order valence-electron chi connectivity index (χ2n) is 8.76. The number of H-pyrrole nitrogens is 1. The van der Waals surface area contributed by atoms with Crippen LogP contribution in [0.3, 0.4) is 0 Å². The Labute approximate surface area is 214 Å². The number of aryl methyl sites for hydroxylation is 3. The molecule has 8 nitrogen and oxygen atoms in total. The van der Waals surface area contributed by atoms with Gasteiger partial charge >= 0.3 is 0 Å². The summed E-state index contributed by atoms with van der Waals surface area (Å²) in [7, 11) is 0. The molecule has 3 aromatic heterocycles. The van der Waals surface area contributed by atoms with E-state index in [0.717, 1.165) is 33.5 Å². The van der Waals surface area contributed by atoms with Crippen LogP contribution >= 0.6 is 0 Å². The molecule has 0 unspecified atom stereocenters. The Hall–Kier alpha value is -4.85. The highest BCUT2D eigenvalue weighted by Gasteiger charge is 2.17. The fraction of sp³-hybridized carbons (Fsp3) is 0.138. The molecule has 184 valence electrons. The van der Waals surface area contributed by atoms with Gasteiger partial charge in [-0.3, -0.25) is 24.4 Å². The summed E-state index contributed by atoms with van der Waals surface area (Å²) in [5.74, 6) is -0.410. The molecule has 0 atom stereocenters. The molecule has 0 bridgehead atoms. The van der Waals surface area contributed by atoms with Gasteiger partial charge in [0.05, 0.1) is 22.6 Å². The van der Waals surface area contributed by atoms with Crippen LogP contribution in [-0.4, -0.2) is 36.7 Å². The Morgan fingerprint density at radius 2 is 1.81 bits per heavy atom. The van der Waals surface area contributed by atoms with Gasteiger partial charge in [-0.15, -0.1) is 0 Å². The van der Waals surface area contributed by atoms with Crippen LogP contribution in [0.25, 0.3) is 23.1 Å². The first-order chi connectivity index (χ1) is 17.9. The summed E-state index contributed by atoms with van der Waals surface area (Å²) in [5, 5.41) is 15.6. The number of nitrogens with one attached hydrogen (secondary N) is 2. The minimum Gasteiger partial charge on any atom is -0.320 e. The molecule has 0 radical (unpaired) electrons. The fourth-order valence-corrected chi connectivity index (χ4v) is 4.17. The number of aromatic amines is 1. The number of ketones is 1. The number of carbonyl (C=O) groups excluding carboxylic acids is 2. The van der Waals surface area contributed by atoms with Crippen LogP contribution in [0.4, 0.5) is 5.69 Å². The lowest BCUT2D eigenvalue weighted by molar-refractivity contribution is 0.101. The molecular weight excluding hydrogens is 464 g/mol. The van der Waals surface area contributed by atoms with Gasteiger partial charge in [0.1, 0.15) is 5.69 Å². The molecule has 5 rings (SSSR count). The van der Waals surface area contributed by atoms with Crippen LogP contribution in [0, 0.1) is 13.8 Å². The lowest BCUT2D eigenvalue weighted by atomic mass is 9.99. The molecule has 8 heteroatoms. The van der Waals surface area contributed by atoms with Gasteiger partial charge in [0, 0.05) is 34.9 Å². The number of aromatic nitrogens is 5. The molecule has 0 fully saturated rings. The molecule has 0 aliphatic rings. The maximum Gasteiger partial charge on any atom is 0.273 e. The minimum atomic E-state index is -0.264. The third kappa shape index (κ3) is 4.95. The van der Waals surface area contributed by atoms with E-state index >= 15 is 0 Å². The van der Waals surface area contributed by atoms with E-state index in [2.05, 4.69) is 25.6 Å². The summed E-state index contributed by atoms with van der Waals surface area (Å²) < 4.78 is 1.66. The second kappa shape index (κ2) is 10.0. The number of rotatable bonds is 7. The molecule has 5 aromatic rings. The molecule has 2 N–H and O–H groups in total. The number of anilines is 1. The zero-order valence-electron chi connectivity index (χ0n) is 20.8. The molecule has 0 spiro atoms. The topological polar surface area (TPSA) is 106 Å². The molecule has 1 amide bonds. The Morgan fingerprint density at radius 1 is 1.00 bits per heavy atom. The van der Waals surface area contributed by atoms with E-state index in [1.807, 2.05) is 63.3 Å². The minimum absolute atomic E-state index is 0.146. The first kappa shape index (κ1) is 23.9. The smallest absolute Gasteiger partial charge is 0.273 e. The van der Waals surface area contributed by atoms with Crippen LogP contribution in [0.15, 0.2) is 66.9 Å². The summed E-state index contributed by atoms with van der Waals surface area (Å²) in [6.07, 6.45) is 5.53. The molecule has 0 saturated heterocycles. The van der Waals surface area contributed by atoms with Crippen molar-refractivity contribution in [1.82, 2.24) is 25.0 Å². The molecular formula is C29H26N6O2. The number of nitrogens with zero attached hydrogens (tertiary/aromatic N) is 4. The van der Waals surface area contributed by atoms with Gasteiger partial charge < -0.3 is 5.32 Å². The van der Waals surface area contributed by atoms with Crippen molar-refractivity contribution in [3.63, 3.8) is 0 Å². The third-order valence-corrected chi connectivity index (χ3v) is 6.14. The molecule has 3 heterocycles. The summed E-state index contributed by atoms with van der Waals surface area (Å²) >= 11 is 0. The van der Waals surface area contributed by atoms with Gasteiger partial charge in [0.2, 0.25) is 0 Å². The largest absolute Gasteiger partial charge is 0.320 e. The normalized spacial score (nSPS) is 11.3. The lowest BCUT2D eigenvalue weighted by Gasteiger charge is -2.11. The number of hydrogen-bond acceptors (Lipinski definition) is 5. The Morgan fingerprint density at radius 3 is 2.59 bits per heavy atom. The summed E-state index contributed by atoms with van der Waals surface area (Å²) in [6.45, 7) is 6.27. The van der Waals surface area contributed by atoms with Gasteiger partial charge in [-0.1, -0.05) is 24.3 Å². The number of carbonyl (C=O) groups is 2. The highest BCUT2D eigenvalue weighted by atomic mass is 16.2. The zero-order chi connectivity index (χ0) is 25.9.